The Hall–Kier alpha value is -1.28. The van der Waals surface area contributed by atoms with E-state index in [1.807, 2.05) is 0 Å². The summed E-state index contributed by atoms with van der Waals surface area (Å²) in [5.74, 6) is 3.49. The fraction of sp³-hybridized carbons (Fsp3) is 0.579. The highest BCUT2D eigenvalue weighted by atomic mass is 15.1. The Morgan fingerprint density at radius 2 is 1.81 bits per heavy atom. The van der Waals surface area contributed by atoms with Crippen molar-refractivity contribution >= 4 is 10.9 Å². The third-order valence-electron chi connectivity index (χ3n) is 5.93. The minimum atomic E-state index is 0.777. The Morgan fingerprint density at radius 3 is 2.57 bits per heavy atom. The van der Waals surface area contributed by atoms with Crippen molar-refractivity contribution in [2.24, 2.45) is 17.8 Å². The third-order valence-corrected chi connectivity index (χ3v) is 5.93. The molecule has 1 aromatic carbocycles. The van der Waals surface area contributed by atoms with Crippen LogP contribution in [0.25, 0.3) is 10.9 Å². The zero-order valence-electron chi connectivity index (χ0n) is 13.2. The number of nitrogens with one attached hydrogen (secondary N) is 1. The van der Waals surface area contributed by atoms with Gasteiger partial charge in [-0.1, -0.05) is 6.07 Å². The maximum atomic E-state index is 3.32. The van der Waals surface area contributed by atoms with Gasteiger partial charge in [0.1, 0.15) is 0 Å². The number of rotatable bonds is 3. The van der Waals surface area contributed by atoms with Crippen molar-refractivity contribution in [1.82, 2.24) is 9.88 Å². The van der Waals surface area contributed by atoms with Crippen LogP contribution < -0.4 is 0 Å². The van der Waals surface area contributed by atoms with Crippen molar-refractivity contribution in [2.75, 3.05) is 20.6 Å². The molecule has 1 aromatic heterocycles. The highest BCUT2D eigenvalue weighted by Gasteiger charge is 2.44. The van der Waals surface area contributed by atoms with Crippen molar-refractivity contribution in [3.63, 3.8) is 0 Å². The van der Waals surface area contributed by atoms with Gasteiger partial charge in [0.2, 0.25) is 0 Å². The molecule has 3 aliphatic carbocycles. The van der Waals surface area contributed by atoms with Crippen LogP contribution in [-0.4, -0.2) is 30.5 Å². The van der Waals surface area contributed by atoms with Gasteiger partial charge in [-0.3, -0.25) is 0 Å². The quantitative estimate of drug-likeness (QED) is 0.891. The number of aromatic amines is 1. The first-order valence-electron chi connectivity index (χ1n) is 8.44. The molecule has 0 spiro atoms. The SMILES string of the molecule is CN(C)C[C@@H]1C2CCC(CC2)[C@@H]1c1ccc2[nH]ccc2c1. The molecule has 3 saturated carbocycles. The summed E-state index contributed by atoms with van der Waals surface area (Å²) in [5.41, 5.74) is 2.85. The number of benzene rings is 1. The lowest BCUT2D eigenvalue weighted by Crippen LogP contribution is -2.43. The molecule has 1 heterocycles. The zero-order valence-corrected chi connectivity index (χ0v) is 13.2. The van der Waals surface area contributed by atoms with E-state index in [-0.39, 0.29) is 0 Å². The smallest absolute Gasteiger partial charge is 0.0454 e. The number of hydrogen-bond acceptors (Lipinski definition) is 1. The molecule has 3 fully saturated rings. The van der Waals surface area contributed by atoms with Crippen LogP contribution in [-0.2, 0) is 0 Å². The fourth-order valence-corrected chi connectivity index (χ4v) is 5.06. The van der Waals surface area contributed by atoms with Crippen LogP contribution in [0, 0.1) is 17.8 Å². The minimum absolute atomic E-state index is 0.777. The summed E-state index contributed by atoms with van der Waals surface area (Å²) in [6.07, 6.45) is 7.88. The van der Waals surface area contributed by atoms with Gasteiger partial charge >= 0.3 is 0 Å². The average molecular weight is 282 g/mol. The number of hydrogen-bond donors (Lipinski definition) is 1. The molecular weight excluding hydrogens is 256 g/mol. The van der Waals surface area contributed by atoms with Crippen LogP contribution in [0.3, 0.4) is 0 Å². The van der Waals surface area contributed by atoms with Crippen molar-refractivity contribution < 1.29 is 0 Å². The topological polar surface area (TPSA) is 19.0 Å². The molecule has 21 heavy (non-hydrogen) atoms. The molecule has 112 valence electrons. The zero-order chi connectivity index (χ0) is 14.4. The summed E-state index contributed by atoms with van der Waals surface area (Å²) in [4.78, 5) is 5.71. The second-order valence-corrected chi connectivity index (χ2v) is 7.45. The second-order valence-electron chi connectivity index (χ2n) is 7.45. The lowest BCUT2D eigenvalue weighted by atomic mass is 9.57. The van der Waals surface area contributed by atoms with Crippen molar-refractivity contribution in [3.05, 3.63) is 36.0 Å². The Bertz CT molecular complexity index is 619. The van der Waals surface area contributed by atoms with Crippen LogP contribution in [0.5, 0.6) is 0 Å². The van der Waals surface area contributed by atoms with Crippen molar-refractivity contribution in [3.8, 4) is 0 Å². The van der Waals surface area contributed by atoms with Gasteiger partial charge in [0.05, 0.1) is 0 Å². The number of aromatic nitrogens is 1. The number of H-pyrrole nitrogens is 1. The molecule has 2 nitrogen and oxygen atoms in total. The van der Waals surface area contributed by atoms with Crippen molar-refractivity contribution in [2.45, 2.75) is 31.6 Å². The summed E-state index contributed by atoms with van der Waals surface area (Å²) in [6.45, 7) is 1.25. The normalized spacial score (nSPS) is 32.1. The van der Waals surface area contributed by atoms with Gasteiger partial charge in [0.25, 0.3) is 0 Å². The van der Waals surface area contributed by atoms with E-state index < -0.39 is 0 Å². The standard InChI is InChI=1S/C19H26N2/c1-21(2)12-17-13-3-5-14(6-4-13)19(17)16-7-8-18-15(11-16)9-10-20-18/h7-11,13-14,17,19-20H,3-6,12H2,1-2H3/t13?,14?,17-,19-/m1/s1. The fourth-order valence-electron chi connectivity index (χ4n) is 5.06. The Morgan fingerprint density at radius 1 is 1.05 bits per heavy atom. The van der Waals surface area contributed by atoms with Crippen LogP contribution in [0.4, 0.5) is 0 Å². The molecule has 3 aliphatic rings. The van der Waals surface area contributed by atoms with E-state index in [0.29, 0.717) is 0 Å². The molecule has 0 aliphatic heterocycles. The Balaban J connectivity index is 1.72. The van der Waals surface area contributed by atoms with Crippen molar-refractivity contribution in [1.29, 1.82) is 0 Å². The minimum Gasteiger partial charge on any atom is -0.361 e. The van der Waals surface area contributed by atoms with E-state index in [1.54, 1.807) is 5.56 Å². The monoisotopic (exact) mass is 282 g/mol. The molecule has 2 aromatic rings. The third kappa shape index (κ3) is 2.30. The first-order chi connectivity index (χ1) is 10.2. The molecule has 5 rings (SSSR count). The van der Waals surface area contributed by atoms with E-state index >= 15 is 0 Å². The summed E-state index contributed by atoms with van der Waals surface area (Å²) in [5, 5.41) is 1.37. The van der Waals surface area contributed by atoms with Gasteiger partial charge in [-0.2, -0.15) is 0 Å². The average Bonchev–Trinajstić information content (AvgIpc) is 2.95. The highest BCUT2D eigenvalue weighted by Crippen LogP contribution is 2.53. The summed E-state index contributed by atoms with van der Waals surface area (Å²) in [6, 6.07) is 9.31. The summed E-state index contributed by atoms with van der Waals surface area (Å²) >= 11 is 0. The highest BCUT2D eigenvalue weighted by molar-refractivity contribution is 5.80. The molecule has 0 unspecified atom stereocenters. The summed E-state index contributed by atoms with van der Waals surface area (Å²) < 4.78 is 0. The van der Waals surface area contributed by atoms with E-state index in [0.717, 1.165) is 23.7 Å². The number of nitrogens with zero attached hydrogens (tertiary/aromatic N) is 1. The van der Waals surface area contributed by atoms with Gasteiger partial charge in [-0.05, 0) is 92.6 Å². The summed E-state index contributed by atoms with van der Waals surface area (Å²) in [7, 11) is 4.46. The molecule has 1 N–H and O–H groups in total. The molecule has 2 heteroatoms. The predicted octanol–water partition coefficient (Wildman–Crippen LogP) is 4.25. The maximum absolute atomic E-state index is 3.32. The molecule has 0 amide bonds. The van der Waals surface area contributed by atoms with Gasteiger partial charge in [0.15, 0.2) is 0 Å². The van der Waals surface area contributed by atoms with Crippen LogP contribution in [0.1, 0.15) is 37.2 Å². The van der Waals surface area contributed by atoms with Crippen LogP contribution in [0.15, 0.2) is 30.5 Å². The van der Waals surface area contributed by atoms with Gasteiger partial charge in [-0.25, -0.2) is 0 Å². The van der Waals surface area contributed by atoms with E-state index in [9.17, 15) is 0 Å². The molecule has 0 radical (unpaired) electrons. The predicted molar refractivity (Wildman–Crippen MR) is 88.5 cm³/mol. The number of fused-ring (bicyclic) bond motifs is 4. The van der Waals surface area contributed by atoms with E-state index in [1.165, 1.54) is 43.1 Å². The first kappa shape index (κ1) is 13.4. The second kappa shape index (κ2) is 5.17. The van der Waals surface area contributed by atoms with Crippen LogP contribution >= 0.6 is 0 Å². The van der Waals surface area contributed by atoms with E-state index in [2.05, 4.69) is 54.4 Å². The van der Waals surface area contributed by atoms with E-state index in [4.69, 9.17) is 0 Å². The lowest BCUT2D eigenvalue weighted by Gasteiger charge is -2.50. The van der Waals surface area contributed by atoms with Gasteiger partial charge < -0.3 is 9.88 Å². The largest absolute Gasteiger partial charge is 0.361 e. The van der Waals surface area contributed by atoms with Crippen LogP contribution in [0.2, 0.25) is 0 Å². The molecule has 2 bridgehead atoms. The Kier molecular flexibility index (Phi) is 3.30. The molecule has 0 saturated heterocycles. The lowest BCUT2D eigenvalue weighted by molar-refractivity contribution is 0.0507. The maximum Gasteiger partial charge on any atom is 0.0454 e. The Labute approximate surface area is 127 Å². The molecule has 2 atom stereocenters. The first-order valence-corrected chi connectivity index (χ1v) is 8.44. The van der Waals surface area contributed by atoms with Gasteiger partial charge in [-0.15, -0.1) is 0 Å². The molecular formula is C19H26N2. The van der Waals surface area contributed by atoms with Gasteiger partial charge in [0, 0.05) is 18.3 Å².